The first-order chi connectivity index (χ1) is 14.5. The summed E-state index contributed by atoms with van der Waals surface area (Å²) in [5.74, 6) is -0.109. The molecule has 31 heavy (non-hydrogen) atoms. The molecule has 0 unspecified atom stereocenters. The Kier molecular flexibility index (Phi) is 8.93. The number of amides is 1. The number of carbonyl (C=O) groups is 1. The highest BCUT2D eigenvalue weighted by Crippen LogP contribution is 2.34. The van der Waals surface area contributed by atoms with Crippen molar-refractivity contribution in [3.05, 3.63) is 27.8 Å². The van der Waals surface area contributed by atoms with E-state index in [4.69, 9.17) is 23.2 Å². The number of alkyl halides is 2. The highest BCUT2D eigenvalue weighted by molar-refractivity contribution is 7.90. The van der Waals surface area contributed by atoms with Crippen molar-refractivity contribution in [2.45, 2.75) is 24.8 Å². The monoisotopic (exact) mass is 494 g/mol. The van der Waals surface area contributed by atoms with Crippen LogP contribution >= 0.6 is 23.2 Å². The molecule has 1 aliphatic rings. The van der Waals surface area contributed by atoms with Crippen molar-refractivity contribution in [1.82, 2.24) is 9.80 Å². The minimum absolute atomic E-state index is 0.139. The van der Waals surface area contributed by atoms with Crippen LogP contribution in [0, 0.1) is 10.1 Å². The Hall–Kier alpha value is -1.62. The number of carbonyl (C=O) groups excluding carboxylic acids is 1. The van der Waals surface area contributed by atoms with Crippen LogP contribution in [0.15, 0.2) is 17.0 Å². The largest absolute Gasteiger partial charge is 0.368 e. The van der Waals surface area contributed by atoms with Gasteiger partial charge < -0.3 is 9.80 Å². The van der Waals surface area contributed by atoms with Gasteiger partial charge in [0, 0.05) is 69.4 Å². The number of anilines is 1. The van der Waals surface area contributed by atoms with E-state index in [1.165, 1.54) is 6.07 Å². The Bertz CT molecular complexity index is 912. The van der Waals surface area contributed by atoms with Crippen molar-refractivity contribution in [2.24, 2.45) is 0 Å². The molecule has 174 valence electrons. The molecule has 1 heterocycles. The molecule has 0 spiro atoms. The summed E-state index contributed by atoms with van der Waals surface area (Å²) >= 11 is 11.7. The lowest BCUT2D eigenvalue weighted by Crippen LogP contribution is -2.50. The fourth-order valence-corrected chi connectivity index (χ4v) is 4.89. The Labute approximate surface area is 192 Å². The van der Waals surface area contributed by atoms with Gasteiger partial charge in [-0.25, -0.2) is 8.42 Å². The van der Waals surface area contributed by atoms with Crippen LogP contribution in [0.25, 0.3) is 0 Å². The molecule has 2 rings (SSSR count). The minimum atomic E-state index is -3.82. The number of halogens is 2. The van der Waals surface area contributed by atoms with Gasteiger partial charge in [-0.2, -0.15) is 0 Å². The van der Waals surface area contributed by atoms with Gasteiger partial charge in [-0.3, -0.25) is 19.8 Å². The third-order valence-corrected chi connectivity index (χ3v) is 6.75. The second-order valence-corrected chi connectivity index (χ2v) is 10.4. The third-order valence-electron chi connectivity index (χ3n) is 5.29. The van der Waals surface area contributed by atoms with E-state index in [9.17, 15) is 23.3 Å². The molecule has 1 aromatic rings. The number of benzene rings is 1. The van der Waals surface area contributed by atoms with Crippen LogP contribution in [-0.4, -0.2) is 92.4 Å². The zero-order valence-corrected chi connectivity index (χ0v) is 20.2. The second kappa shape index (κ2) is 10.8. The van der Waals surface area contributed by atoms with Gasteiger partial charge in [0.05, 0.1) is 15.5 Å². The number of nitro groups is 1. The molecule has 0 radical (unpaired) electrons. The lowest BCUT2D eigenvalue weighted by molar-refractivity contribution is -0.385. The third kappa shape index (κ3) is 6.21. The summed E-state index contributed by atoms with van der Waals surface area (Å²) in [6.45, 7) is 6.88. The molecule has 0 saturated carbocycles. The van der Waals surface area contributed by atoms with Crippen LogP contribution in [0.5, 0.6) is 0 Å². The van der Waals surface area contributed by atoms with Crippen LogP contribution in [0.1, 0.15) is 24.2 Å². The van der Waals surface area contributed by atoms with Gasteiger partial charge in [-0.05, 0) is 19.9 Å². The number of piperazine rings is 1. The summed E-state index contributed by atoms with van der Waals surface area (Å²) in [7, 11) is -3.82. The number of nitrogens with zero attached hydrogens (tertiary/aromatic N) is 4. The van der Waals surface area contributed by atoms with E-state index in [2.05, 4.69) is 18.7 Å². The number of hydrogen-bond acceptors (Lipinski definition) is 7. The average Bonchev–Trinajstić information content (AvgIpc) is 2.71. The van der Waals surface area contributed by atoms with Crippen LogP contribution in [0.2, 0.25) is 0 Å². The van der Waals surface area contributed by atoms with Gasteiger partial charge in [0.25, 0.3) is 11.6 Å². The summed E-state index contributed by atoms with van der Waals surface area (Å²) in [6, 6.07) is 2.61. The summed E-state index contributed by atoms with van der Waals surface area (Å²) < 4.78 is 24.8. The van der Waals surface area contributed by atoms with Crippen molar-refractivity contribution in [1.29, 1.82) is 0 Å². The van der Waals surface area contributed by atoms with Crippen molar-refractivity contribution in [3.63, 3.8) is 0 Å². The summed E-state index contributed by atoms with van der Waals surface area (Å²) in [5, 5.41) is 11.7. The average molecular weight is 495 g/mol. The minimum Gasteiger partial charge on any atom is -0.368 e. The van der Waals surface area contributed by atoms with Crippen LogP contribution < -0.4 is 4.90 Å². The van der Waals surface area contributed by atoms with Crippen molar-refractivity contribution in [3.8, 4) is 0 Å². The van der Waals surface area contributed by atoms with Gasteiger partial charge in [-0.15, -0.1) is 23.2 Å². The number of hydrogen-bond donors (Lipinski definition) is 0. The number of sulfone groups is 1. The van der Waals surface area contributed by atoms with Gasteiger partial charge in [0.15, 0.2) is 9.84 Å². The van der Waals surface area contributed by atoms with E-state index in [1.54, 1.807) is 9.80 Å². The predicted molar refractivity (Wildman–Crippen MR) is 122 cm³/mol. The quantitative estimate of drug-likeness (QED) is 0.295. The molecule has 1 aromatic carbocycles. The van der Waals surface area contributed by atoms with Crippen LogP contribution in [0.3, 0.4) is 0 Å². The van der Waals surface area contributed by atoms with Gasteiger partial charge >= 0.3 is 0 Å². The number of nitro benzene ring substituents is 1. The first-order valence-corrected chi connectivity index (χ1v) is 12.9. The molecule has 1 aliphatic heterocycles. The van der Waals surface area contributed by atoms with Gasteiger partial charge in [0.2, 0.25) is 0 Å². The molecule has 1 saturated heterocycles. The predicted octanol–water partition coefficient (Wildman–Crippen LogP) is 2.45. The van der Waals surface area contributed by atoms with Crippen molar-refractivity contribution < 1.29 is 18.1 Å². The normalized spacial score (nSPS) is 15.4. The Morgan fingerprint density at radius 3 is 2.13 bits per heavy atom. The van der Waals surface area contributed by atoms with Gasteiger partial charge in [0.1, 0.15) is 5.56 Å². The smallest absolute Gasteiger partial charge is 0.283 e. The highest BCUT2D eigenvalue weighted by Gasteiger charge is 2.32. The first kappa shape index (κ1) is 25.6. The van der Waals surface area contributed by atoms with Crippen LogP contribution in [-0.2, 0) is 9.84 Å². The van der Waals surface area contributed by atoms with Gasteiger partial charge in [-0.1, -0.05) is 0 Å². The molecule has 1 amide bonds. The Balaban J connectivity index is 2.56. The summed E-state index contributed by atoms with van der Waals surface area (Å²) in [6.07, 6.45) is 0.974. The molecular weight excluding hydrogens is 467 g/mol. The standard InChI is InChI=1S/C19H28Cl2N4O5S/c1-14(2)22-8-10-24(11-9-22)19(26)15-12-17(23(6-4-20)7-5-21)18(31(3,29)30)13-16(15)25(27)28/h12-14H,4-11H2,1-3H3. The summed E-state index contributed by atoms with van der Waals surface area (Å²) in [4.78, 5) is 29.5. The fourth-order valence-electron chi connectivity index (χ4n) is 3.59. The highest BCUT2D eigenvalue weighted by atomic mass is 35.5. The number of rotatable bonds is 9. The molecule has 1 fully saturated rings. The molecule has 0 aliphatic carbocycles. The second-order valence-electron chi connectivity index (χ2n) is 7.65. The Morgan fingerprint density at radius 2 is 1.71 bits per heavy atom. The molecule has 12 heteroatoms. The summed E-state index contributed by atoms with van der Waals surface area (Å²) in [5.41, 5.74) is -0.477. The molecule has 9 nitrogen and oxygen atoms in total. The van der Waals surface area contributed by atoms with E-state index < -0.39 is 26.4 Å². The van der Waals surface area contributed by atoms with E-state index in [-0.39, 0.29) is 41.0 Å². The first-order valence-electron chi connectivity index (χ1n) is 9.94. The van der Waals surface area contributed by atoms with E-state index in [1.807, 2.05) is 0 Å². The van der Waals surface area contributed by atoms with Crippen LogP contribution in [0.4, 0.5) is 11.4 Å². The molecule has 0 aromatic heterocycles. The molecule has 0 atom stereocenters. The maximum Gasteiger partial charge on any atom is 0.283 e. The van der Waals surface area contributed by atoms with E-state index in [0.29, 0.717) is 32.2 Å². The van der Waals surface area contributed by atoms with E-state index >= 15 is 0 Å². The Morgan fingerprint density at radius 1 is 1.16 bits per heavy atom. The SMILES string of the molecule is CC(C)N1CCN(C(=O)c2cc(N(CCCl)CCCl)c(S(C)(=O)=O)cc2[N+](=O)[O-])CC1. The zero-order chi connectivity index (χ0) is 23.3. The lowest BCUT2D eigenvalue weighted by atomic mass is 10.1. The lowest BCUT2D eigenvalue weighted by Gasteiger charge is -2.37. The maximum atomic E-state index is 13.2. The molecule has 0 bridgehead atoms. The van der Waals surface area contributed by atoms with Crippen molar-refractivity contribution in [2.75, 3.05) is 62.2 Å². The van der Waals surface area contributed by atoms with Crippen molar-refractivity contribution >= 4 is 50.3 Å². The van der Waals surface area contributed by atoms with E-state index in [0.717, 1.165) is 12.3 Å². The molecular formula is C19H28Cl2N4O5S. The molecule has 0 N–H and O–H groups in total. The fraction of sp³-hybridized carbons (Fsp3) is 0.632. The topological polar surface area (TPSA) is 104 Å². The maximum absolute atomic E-state index is 13.2. The zero-order valence-electron chi connectivity index (χ0n) is 17.9.